The van der Waals surface area contributed by atoms with Crippen LogP contribution < -0.4 is 0 Å². The van der Waals surface area contributed by atoms with E-state index in [1.807, 2.05) is 0 Å². The Labute approximate surface area is 108 Å². The van der Waals surface area contributed by atoms with Gasteiger partial charge < -0.3 is 9.84 Å². The number of hydrogen-bond acceptors (Lipinski definition) is 2. The molecule has 5 heteroatoms. The molecule has 0 aliphatic carbocycles. The van der Waals surface area contributed by atoms with E-state index in [0.29, 0.717) is 0 Å². The van der Waals surface area contributed by atoms with Crippen LogP contribution in [-0.2, 0) is 11.3 Å². The van der Waals surface area contributed by atoms with Gasteiger partial charge in [-0.3, -0.25) is 0 Å². The Morgan fingerprint density at radius 3 is 2.59 bits per heavy atom. The molecule has 0 atom stereocenters. The van der Waals surface area contributed by atoms with Gasteiger partial charge in [0.15, 0.2) is 0 Å². The monoisotopic (exact) mass is 308 g/mol. The molecule has 1 N–H and O–H groups in total. The SMILES string of the molecule is CC(C)(CO)COCc1c(F)ccc(Br)c1F. The van der Waals surface area contributed by atoms with E-state index in [9.17, 15) is 8.78 Å². The van der Waals surface area contributed by atoms with Crippen molar-refractivity contribution in [2.75, 3.05) is 13.2 Å². The molecule has 1 aromatic carbocycles. The fourth-order valence-electron chi connectivity index (χ4n) is 1.18. The van der Waals surface area contributed by atoms with Crippen molar-refractivity contribution in [1.29, 1.82) is 0 Å². The molecule has 17 heavy (non-hydrogen) atoms. The van der Waals surface area contributed by atoms with Gasteiger partial charge in [-0.25, -0.2) is 8.78 Å². The molecular weight excluding hydrogens is 294 g/mol. The van der Waals surface area contributed by atoms with E-state index < -0.39 is 17.0 Å². The normalized spacial score (nSPS) is 11.9. The van der Waals surface area contributed by atoms with Gasteiger partial charge in [0.25, 0.3) is 0 Å². The molecule has 0 aliphatic rings. The molecule has 0 saturated heterocycles. The van der Waals surface area contributed by atoms with E-state index in [-0.39, 0.29) is 29.9 Å². The van der Waals surface area contributed by atoms with Gasteiger partial charge in [-0.05, 0) is 28.1 Å². The molecule has 96 valence electrons. The second-order valence-electron chi connectivity index (χ2n) is 4.64. The zero-order valence-corrected chi connectivity index (χ0v) is 11.4. The third-order valence-corrected chi connectivity index (χ3v) is 2.92. The molecule has 0 amide bonds. The number of benzene rings is 1. The van der Waals surface area contributed by atoms with Crippen molar-refractivity contribution in [3.05, 3.63) is 33.8 Å². The summed E-state index contributed by atoms with van der Waals surface area (Å²) in [5.41, 5.74) is -0.521. The van der Waals surface area contributed by atoms with Crippen LogP contribution in [0, 0.1) is 17.0 Å². The van der Waals surface area contributed by atoms with Crippen molar-refractivity contribution in [3.8, 4) is 0 Å². The fourth-order valence-corrected chi connectivity index (χ4v) is 1.55. The summed E-state index contributed by atoms with van der Waals surface area (Å²) in [7, 11) is 0. The minimum atomic E-state index is -0.646. The van der Waals surface area contributed by atoms with E-state index in [0.717, 1.165) is 0 Å². The Balaban J connectivity index is 2.67. The summed E-state index contributed by atoms with van der Waals surface area (Å²) >= 11 is 2.99. The molecule has 0 saturated carbocycles. The van der Waals surface area contributed by atoms with Crippen LogP contribution in [0.25, 0.3) is 0 Å². The Kier molecular flexibility index (Phi) is 5.04. The Bertz CT molecular complexity index is 394. The largest absolute Gasteiger partial charge is 0.396 e. The Hall–Kier alpha value is -0.520. The van der Waals surface area contributed by atoms with Crippen LogP contribution in [0.4, 0.5) is 8.78 Å². The van der Waals surface area contributed by atoms with Gasteiger partial charge in [0.05, 0.1) is 29.9 Å². The molecule has 0 heterocycles. The summed E-state index contributed by atoms with van der Waals surface area (Å²) in [6.07, 6.45) is 0. The first-order valence-electron chi connectivity index (χ1n) is 5.18. The smallest absolute Gasteiger partial charge is 0.145 e. The van der Waals surface area contributed by atoms with Gasteiger partial charge >= 0.3 is 0 Å². The van der Waals surface area contributed by atoms with Crippen LogP contribution in [0.15, 0.2) is 16.6 Å². The number of halogens is 3. The van der Waals surface area contributed by atoms with Crippen molar-refractivity contribution in [2.45, 2.75) is 20.5 Å². The van der Waals surface area contributed by atoms with Crippen LogP contribution in [-0.4, -0.2) is 18.3 Å². The summed E-state index contributed by atoms with van der Waals surface area (Å²) in [4.78, 5) is 0. The van der Waals surface area contributed by atoms with Crippen molar-refractivity contribution in [3.63, 3.8) is 0 Å². The second-order valence-corrected chi connectivity index (χ2v) is 5.49. The maximum atomic E-state index is 13.5. The van der Waals surface area contributed by atoms with Gasteiger partial charge in [-0.1, -0.05) is 13.8 Å². The predicted octanol–water partition coefficient (Wildman–Crippen LogP) is 3.26. The highest BCUT2D eigenvalue weighted by Gasteiger charge is 2.18. The molecule has 0 aliphatic heterocycles. The Morgan fingerprint density at radius 2 is 2.00 bits per heavy atom. The van der Waals surface area contributed by atoms with E-state index in [1.165, 1.54) is 12.1 Å². The Morgan fingerprint density at radius 1 is 1.35 bits per heavy atom. The van der Waals surface area contributed by atoms with Crippen LogP contribution in [0.2, 0.25) is 0 Å². The van der Waals surface area contributed by atoms with E-state index in [1.54, 1.807) is 13.8 Å². The fraction of sp³-hybridized carbons (Fsp3) is 0.500. The quantitative estimate of drug-likeness (QED) is 0.846. The summed E-state index contributed by atoms with van der Waals surface area (Å²) < 4.78 is 32.3. The summed E-state index contributed by atoms with van der Waals surface area (Å²) in [6.45, 7) is 3.65. The molecule has 1 aromatic rings. The molecule has 0 unspecified atom stereocenters. The first kappa shape index (κ1) is 14.5. The van der Waals surface area contributed by atoms with Crippen molar-refractivity contribution in [1.82, 2.24) is 0 Å². The van der Waals surface area contributed by atoms with E-state index in [2.05, 4.69) is 15.9 Å². The van der Waals surface area contributed by atoms with Crippen LogP contribution in [0.3, 0.4) is 0 Å². The topological polar surface area (TPSA) is 29.5 Å². The highest BCUT2D eigenvalue weighted by molar-refractivity contribution is 9.10. The van der Waals surface area contributed by atoms with Gasteiger partial charge in [-0.15, -0.1) is 0 Å². The average molecular weight is 309 g/mol. The first-order chi connectivity index (χ1) is 7.87. The van der Waals surface area contributed by atoms with Gasteiger partial charge in [0.1, 0.15) is 11.6 Å². The summed E-state index contributed by atoms with van der Waals surface area (Å²) in [5.74, 6) is -1.28. The van der Waals surface area contributed by atoms with Gasteiger partial charge in [-0.2, -0.15) is 0 Å². The van der Waals surface area contributed by atoms with Gasteiger partial charge in [0.2, 0.25) is 0 Å². The van der Waals surface area contributed by atoms with Crippen LogP contribution >= 0.6 is 15.9 Å². The molecule has 2 nitrogen and oxygen atoms in total. The second kappa shape index (κ2) is 5.89. The predicted molar refractivity (Wildman–Crippen MR) is 64.6 cm³/mol. The maximum absolute atomic E-state index is 13.5. The third-order valence-electron chi connectivity index (χ3n) is 2.31. The van der Waals surface area contributed by atoms with Crippen molar-refractivity contribution in [2.24, 2.45) is 5.41 Å². The molecule has 1 rings (SSSR count). The van der Waals surface area contributed by atoms with Crippen molar-refractivity contribution >= 4 is 15.9 Å². The molecule has 0 bridgehead atoms. The summed E-state index contributed by atoms with van der Waals surface area (Å²) in [6, 6.07) is 2.49. The third kappa shape index (κ3) is 4.01. The lowest BCUT2D eigenvalue weighted by Gasteiger charge is -2.21. The lowest BCUT2D eigenvalue weighted by molar-refractivity contribution is 0.0177. The van der Waals surface area contributed by atoms with Crippen LogP contribution in [0.5, 0.6) is 0 Å². The highest BCUT2D eigenvalue weighted by atomic mass is 79.9. The minimum Gasteiger partial charge on any atom is -0.396 e. The van der Waals surface area contributed by atoms with Crippen molar-refractivity contribution < 1.29 is 18.6 Å². The lowest BCUT2D eigenvalue weighted by Crippen LogP contribution is -2.23. The zero-order chi connectivity index (χ0) is 13.1. The molecule has 0 aromatic heterocycles. The standard InChI is InChI=1S/C12H15BrF2O2/c1-12(2,6-16)7-17-5-8-10(14)4-3-9(13)11(8)15/h3-4,16H,5-7H2,1-2H3. The number of aliphatic hydroxyl groups excluding tert-OH is 1. The lowest BCUT2D eigenvalue weighted by atomic mass is 9.96. The number of hydrogen-bond donors (Lipinski definition) is 1. The van der Waals surface area contributed by atoms with E-state index in [4.69, 9.17) is 9.84 Å². The first-order valence-corrected chi connectivity index (χ1v) is 5.97. The number of ether oxygens (including phenoxy) is 1. The highest BCUT2D eigenvalue weighted by Crippen LogP contribution is 2.23. The molecular formula is C12H15BrF2O2. The van der Waals surface area contributed by atoms with Gasteiger partial charge in [0, 0.05) is 5.41 Å². The minimum absolute atomic E-state index is 0.0452. The maximum Gasteiger partial charge on any atom is 0.145 e. The average Bonchev–Trinajstić information content (AvgIpc) is 2.28. The van der Waals surface area contributed by atoms with Crippen LogP contribution in [0.1, 0.15) is 19.4 Å². The zero-order valence-electron chi connectivity index (χ0n) is 9.77. The number of aliphatic hydroxyl groups is 1. The molecule has 0 spiro atoms. The summed E-state index contributed by atoms with van der Waals surface area (Å²) in [5, 5.41) is 9.01. The number of rotatable bonds is 5. The van der Waals surface area contributed by atoms with E-state index >= 15 is 0 Å². The molecule has 0 fully saturated rings. The molecule has 0 radical (unpaired) electrons.